The zero-order valence-corrected chi connectivity index (χ0v) is 62.8. The predicted molar refractivity (Wildman–Crippen MR) is 371 cm³/mol. The van der Waals surface area contributed by atoms with Crippen molar-refractivity contribution in [2.45, 2.75) is 233 Å². The van der Waals surface area contributed by atoms with Gasteiger partial charge in [0.15, 0.2) is 4.87 Å². The fourth-order valence-electron chi connectivity index (χ4n) is 11.8. The number of carbonyl (C=O) groups excluding carboxylic acids is 12. The topological polar surface area (TPSA) is 305 Å². The molecule has 96 heavy (non-hydrogen) atoms. The van der Waals surface area contributed by atoms with Gasteiger partial charge in [0.2, 0.25) is 59.1 Å². The highest BCUT2D eigenvalue weighted by atomic mass is 32.2. The number of hydrogen-bond acceptors (Lipinski definition) is 15. The van der Waals surface area contributed by atoms with Crippen molar-refractivity contribution in [1.82, 2.24) is 55.6 Å². The number of aliphatic hydroxyl groups is 1. The number of benzene rings is 1. The van der Waals surface area contributed by atoms with Gasteiger partial charge in [-0.1, -0.05) is 133 Å². The normalized spacial score (nSPS) is 25.9. The van der Waals surface area contributed by atoms with E-state index in [1.54, 1.807) is 78.8 Å². The van der Waals surface area contributed by atoms with Gasteiger partial charge in [0.25, 0.3) is 5.91 Å². The van der Waals surface area contributed by atoms with Crippen molar-refractivity contribution in [2.75, 3.05) is 55.9 Å². The molecule has 1 fully saturated rings. The van der Waals surface area contributed by atoms with E-state index in [1.807, 2.05) is 55.4 Å². The van der Waals surface area contributed by atoms with Crippen molar-refractivity contribution >= 4 is 82.7 Å². The summed E-state index contributed by atoms with van der Waals surface area (Å²) in [6, 6.07) is -5.44. The molecule has 2 rings (SSSR count). The van der Waals surface area contributed by atoms with Crippen LogP contribution in [0.3, 0.4) is 0 Å². The van der Waals surface area contributed by atoms with Crippen LogP contribution >= 0.6 is 11.8 Å². The van der Waals surface area contributed by atoms with E-state index < -0.39 is 161 Å². The molecule has 1 saturated heterocycles. The Morgan fingerprint density at radius 1 is 0.594 bits per heavy atom. The second-order valence-corrected chi connectivity index (χ2v) is 29.6. The number of aliphatic hydroxyl groups excluding tert-OH is 1. The van der Waals surface area contributed by atoms with Gasteiger partial charge in [0.05, 0.1) is 17.5 Å². The third-order valence-corrected chi connectivity index (χ3v) is 19.5. The molecule has 1 heterocycles. The van der Waals surface area contributed by atoms with Crippen molar-refractivity contribution in [2.24, 2.45) is 41.4 Å². The molecule has 0 saturated carbocycles. The number of thioether (sulfide) groups is 1. The Kier molecular flexibility index (Phi) is 33.8. The lowest BCUT2D eigenvalue weighted by atomic mass is 9.91. The smallest absolute Gasteiger partial charge is 0.308 e. The lowest BCUT2D eigenvalue weighted by molar-refractivity contribution is -0.159. The van der Waals surface area contributed by atoms with Gasteiger partial charge in [-0.25, -0.2) is 0 Å². The van der Waals surface area contributed by atoms with Crippen LogP contribution in [-0.4, -0.2) is 232 Å². The molecule has 26 heteroatoms. The van der Waals surface area contributed by atoms with Crippen LogP contribution in [0.1, 0.15) is 163 Å². The fraction of sp³-hybridized carbons (Fsp3) is 0.714. The molecular formula is C70H117N11O14S. The summed E-state index contributed by atoms with van der Waals surface area (Å²) < 4.78 is 5.69. The minimum Gasteiger partial charge on any atom is -0.426 e. The van der Waals surface area contributed by atoms with Gasteiger partial charge >= 0.3 is 5.97 Å². The van der Waals surface area contributed by atoms with E-state index in [1.165, 1.54) is 101 Å². The Labute approximate surface area is 576 Å². The van der Waals surface area contributed by atoms with Crippen LogP contribution < -0.4 is 26.0 Å². The molecule has 0 unspecified atom stereocenters. The van der Waals surface area contributed by atoms with Crippen LogP contribution in [0.25, 0.3) is 0 Å². The van der Waals surface area contributed by atoms with Crippen molar-refractivity contribution < 1.29 is 67.4 Å². The van der Waals surface area contributed by atoms with Crippen LogP contribution in [0.2, 0.25) is 0 Å². The van der Waals surface area contributed by atoms with Gasteiger partial charge < -0.3 is 65.4 Å². The average Bonchev–Trinajstić information content (AvgIpc) is 0.750. The number of likely N-dealkylation sites (N-methyl/N-ethyl adjacent to an activating group) is 7. The first-order valence-electron chi connectivity index (χ1n) is 33.8. The summed E-state index contributed by atoms with van der Waals surface area (Å²) >= 11 is 0.854. The van der Waals surface area contributed by atoms with E-state index in [0.29, 0.717) is 0 Å². The van der Waals surface area contributed by atoms with E-state index >= 15 is 19.2 Å². The van der Waals surface area contributed by atoms with E-state index in [4.69, 9.17) is 4.74 Å². The molecule has 1 aliphatic rings. The van der Waals surface area contributed by atoms with Crippen molar-refractivity contribution in [1.29, 1.82) is 0 Å². The Bertz CT molecular complexity index is 2900. The SMILES string of the molecule is C/C=C/C[C@@H](C)[C@@H](O)[C@H]1C(=O)N[C@@H](CC)C(=O)N(C)CC(=O)N(C)[C@@H](CC(C)C)C(=O)N[C@@H](C(C)C)C(=O)N(C)[C@@H](CC(C)C)C(=O)N[C@@H](C)C(=O)N[C@H](C)C(=O)N(C)[C@@H](CC(C)C)C(=O)N(C)[C@@H](CC(C)C)C(=O)N(C)[C@](Sc2ccccc2OC(C)=O)(C(C)C)C(=O)N1C. The molecule has 1 aromatic carbocycles. The van der Waals surface area contributed by atoms with Crippen LogP contribution in [0.4, 0.5) is 0 Å². The maximum atomic E-state index is 16.5. The number of esters is 1. The summed E-state index contributed by atoms with van der Waals surface area (Å²) in [4.78, 5) is 184. The number of para-hydroxylation sites is 1. The van der Waals surface area contributed by atoms with Gasteiger partial charge in [-0.3, -0.25) is 57.5 Å². The lowest BCUT2D eigenvalue weighted by Crippen LogP contribution is -2.67. The maximum absolute atomic E-state index is 16.5. The van der Waals surface area contributed by atoms with E-state index in [-0.39, 0.29) is 72.8 Å². The van der Waals surface area contributed by atoms with Crippen molar-refractivity contribution in [3.05, 3.63) is 36.4 Å². The van der Waals surface area contributed by atoms with Crippen LogP contribution in [-0.2, 0) is 57.5 Å². The van der Waals surface area contributed by atoms with Crippen LogP contribution in [0.5, 0.6) is 5.75 Å². The Morgan fingerprint density at radius 2 is 1.06 bits per heavy atom. The van der Waals surface area contributed by atoms with E-state index in [9.17, 15) is 43.5 Å². The zero-order valence-electron chi connectivity index (χ0n) is 62.0. The summed E-state index contributed by atoms with van der Waals surface area (Å²) in [6.45, 7) is 30.1. The minimum atomic E-state index is -2.13. The first-order valence-corrected chi connectivity index (χ1v) is 34.6. The quantitative estimate of drug-likeness (QED) is 0.0706. The second-order valence-electron chi connectivity index (χ2n) is 28.3. The molecule has 25 nitrogen and oxygen atoms in total. The fourth-order valence-corrected chi connectivity index (χ4v) is 13.2. The van der Waals surface area contributed by atoms with Crippen LogP contribution in [0.15, 0.2) is 41.3 Å². The highest BCUT2D eigenvalue weighted by molar-refractivity contribution is 8.01. The molecule has 0 spiro atoms. The number of allylic oxidation sites excluding steroid dienone is 2. The van der Waals surface area contributed by atoms with Gasteiger partial charge in [-0.05, 0) is 113 Å². The average molecular weight is 1370 g/mol. The molecule has 11 amide bonds. The molecular weight excluding hydrogens is 1250 g/mol. The first kappa shape index (κ1) is 85.0. The van der Waals surface area contributed by atoms with Crippen LogP contribution in [0, 0.1) is 41.4 Å². The largest absolute Gasteiger partial charge is 0.426 e. The number of amides is 11. The standard InChI is InChI=1S/C70H117N11O14S/c1-26-28-31-45(15)59(84)58-63(88)73-49(27-2)65(90)75(19)38-56(83)76(20)50(34-39(3)4)62(87)74-57(43(11)12)68(93)77(21)51(35-40(5)6)61(86)71-46(16)60(85)72-47(17)64(89)78(22)52(36-41(7)8)66(91)79(23)53(37-42(9)10)67(92)81(25)70(44(13)14,69(94)80(58)24)96-55-33-30-29-32-54(55)95-48(18)82/h26,28-30,32-33,39-47,49-53,57-59,84H,27,31,34-38H2,1-25H3,(H,71,86)(H,72,85)(H,73,88)(H,74,87)/b28-26+/t45-,46+,47-,49+,50+,51+,52+,53+,57+,58+,59-,70+/m1/s1. The zero-order chi connectivity index (χ0) is 73.9. The summed E-state index contributed by atoms with van der Waals surface area (Å²) in [5, 5.41) is 23.6. The summed E-state index contributed by atoms with van der Waals surface area (Å²) in [5.74, 6) is -11.7. The third-order valence-electron chi connectivity index (χ3n) is 17.7. The minimum absolute atomic E-state index is 0.0310. The van der Waals surface area contributed by atoms with Crippen molar-refractivity contribution in [3.8, 4) is 5.75 Å². The highest BCUT2D eigenvalue weighted by Crippen LogP contribution is 2.47. The van der Waals surface area contributed by atoms with E-state index in [2.05, 4.69) is 21.3 Å². The Balaban J connectivity index is 3.24. The number of rotatable bonds is 18. The number of nitrogens with one attached hydrogen (secondary N) is 4. The number of hydrogen-bond donors (Lipinski definition) is 5. The highest BCUT2D eigenvalue weighted by Gasteiger charge is 2.55. The Hall–Kier alpha value is -7.09. The number of carbonyl (C=O) groups is 12. The molecule has 5 N–H and O–H groups in total. The second kappa shape index (κ2) is 38.2. The maximum Gasteiger partial charge on any atom is 0.308 e. The molecule has 0 radical (unpaired) electrons. The van der Waals surface area contributed by atoms with Gasteiger partial charge in [-0.15, -0.1) is 0 Å². The predicted octanol–water partition coefficient (Wildman–Crippen LogP) is 5.31. The molecule has 542 valence electrons. The van der Waals surface area contributed by atoms with E-state index in [0.717, 1.165) is 21.6 Å². The van der Waals surface area contributed by atoms with Gasteiger partial charge in [-0.2, -0.15) is 0 Å². The first-order chi connectivity index (χ1) is 44.5. The molecule has 0 bridgehead atoms. The van der Waals surface area contributed by atoms with Gasteiger partial charge in [0, 0.05) is 56.3 Å². The monoisotopic (exact) mass is 1370 g/mol. The lowest BCUT2D eigenvalue weighted by Gasteiger charge is -2.48. The third kappa shape index (κ3) is 22.5. The molecule has 0 aromatic heterocycles. The molecule has 0 aliphatic carbocycles. The summed E-state index contributed by atoms with van der Waals surface area (Å²) in [5.41, 5.74) is 0. The number of ether oxygens (including phenoxy) is 1. The summed E-state index contributed by atoms with van der Waals surface area (Å²) in [7, 11) is 9.73. The Morgan fingerprint density at radius 3 is 1.55 bits per heavy atom. The van der Waals surface area contributed by atoms with Crippen molar-refractivity contribution in [3.63, 3.8) is 0 Å². The van der Waals surface area contributed by atoms with Gasteiger partial charge in [0.1, 0.15) is 60.1 Å². The summed E-state index contributed by atoms with van der Waals surface area (Å²) in [6.07, 6.45) is 2.48. The number of nitrogens with zero attached hydrogens (tertiary/aromatic N) is 7. The molecule has 1 aromatic rings. The molecule has 12 atom stereocenters. The molecule has 1 aliphatic heterocycles.